The van der Waals surface area contributed by atoms with Crippen molar-refractivity contribution < 1.29 is 4.79 Å². The Morgan fingerprint density at radius 1 is 1.67 bits per heavy atom. The molecule has 54 valence electrons. The number of carbonyl (C=O) groups excluding carboxylic acids is 1. The third-order valence-corrected chi connectivity index (χ3v) is 1.24. The zero-order valence-corrected chi connectivity index (χ0v) is 8.15. The SMILES string of the molecule is CNC(=O)CC(C)(C)I. The van der Waals surface area contributed by atoms with Crippen molar-refractivity contribution in [3.8, 4) is 0 Å². The molecule has 3 heteroatoms. The van der Waals surface area contributed by atoms with E-state index >= 15 is 0 Å². The molecule has 0 heterocycles. The highest BCUT2D eigenvalue weighted by atomic mass is 127. The van der Waals surface area contributed by atoms with Crippen molar-refractivity contribution in [3.05, 3.63) is 0 Å². The van der Waals surface area contributed by atoms with E-state index in [2.05, 4.69) is 27.9 Å². The van der Waals surface area contributed by atoms with Crippen LogP contribution < -0.4 is 5.32 Å². The van der Waals surface area contributed by atoms with Gasteiger partial charge in [0.1, 0.15) is 0 Å². The minimum Gasteiger partial charge on any atom is -0.359 e. The van der Waals surface area contributed by atoms with Gasteiger partial charge in [0.2, 0.25) is 5.91 Å². The predicted octanol–water partition coefficient (Wildman–Crippen LogP) is 1.34. The van der Waals surface area contributed by atoms with Crippen LogP contribution in [0.1, 0.15) is 20.3 Å². The van der Waals surface area contributed by atoms with E-state index in [0.717, 1.165) is 0 Å². The maximum absolute atomic E-state index is 10.7. The zero-order chi connectivity index (χ0) is 7.49. The number of rotatable bonds is 2. The number of hydrogen-bond acceptors (Lipinski definition) is 1. The lowest BCUT2D eigenvalue weighted by atomic mass is 10.1. The van der Waals surface area contributed by atoms with Gasteiger partial charge in [-0.3, -0.25) is 4.79 Å². The number of hydrogen-bond donors (Lipinski definition) is 1. The smallest absolute Gasteiger partial charge is 0.221 e. The fourth-order valence-corrected chi connectivity index (χ4v) is 0.817. The Morgan fingerprint density at radius 3 is 2.22 bits per heavy atom. The minimum absolute atomic E-state index is 0.0812. The summed E-state index contributed by atoms with van der Waals surface area (Å²) in [5.41, 5.74) is 0. The van der Waals surface area contributed by atoms with Crippen molar-refractivity contribution >= 4 is 28.5 Å². The van der Waals surface area contributed by atoms with Gasteiger partial charge in [0, 0.05) is 16.9 Å². The molecule has 0 aliphatic heterocycles. The fraction of sp³-hybridized carbons (Fsp3) is 0.833. The lowest BCUT2D eigenvalue weighted by Gasteiger charge is -2.13. The molecule has 0 atom stereocenters. The molecule has 1 N–H and O–H groups in total. The van der Waals surface area contributed by atoms with Gasteiger partial charge >= 0.3 is 0 Å². The molecule has 9 heavy (non-hydrogen) atoms. The molecule has 1 amide bonds. The van der Waals surface area contributed by atoms with Crippen molar-refractivity contribution in [2.45, 2.75) is 23.7 Å². The highest BCUT2D eigenvalue weighted by Crippen LogP contribution is 2.20. The average Bonchev–Trinajstić information content (AvgIpc) is 1.62. The Labute approximate surface area is 69.5 Å². The topological polar surface area (TPSA) is 29.1 Å². The van der Waals surface area contributed by atoms with Crippen molar-refractivity contribution in [2.75, 3.05) is 7.05 Å². The van der Waals surface area contributed by atoms with Crippen molar-refractivity contribution in [3.63, 3.8) is 0 Å². The number of amides is 1. The maximum atomic E-state index is 10.7. The van der Waals surface area contributed by atoms with E-state index in [1.807, 2.05) is 13.8 Å². The molecule has 0 aliphatic carbocycles. The fourth-order valence-electron chi connectivity index (χ4n) is 0.470. The van der Waals surface area contributed by atoms with E-state index in [1.54, 1.807) is 7.05 Å². The molecule has 0 rings (SSSR count). The summed E-state index contributed by atoms with van der Waals surface area (Å²) in [6.45, 7) is 4.06. The molecule has 0 unspecified atom stereocenters. The van der Waals surface area contributed by atoms with Crippen LogP contribution in [0.2, 0.25) is 0 Å². The standard InChI is InChI=1S/C6H12INO/c1-6(2,7)4-5(9)8-3/h4H2,1-3H3,(H,8,9). The largest absolute Gasteiger partial charge is 0.359 e. The lowest BCUT2D eigenvalue weighted by molar-refractivity contribution is -0.120. The highest BCUT2D eigenvalue weighted by molar-refractivity contribution is 14.1. The molecule has 0 aromatic carbocycles. The zero-order valence-electron chi connectivity index (χ0n) is 5.99. The normalized spacial score (nSPS) is 11.1. The van der Waals surface area contributed by atoms with E-state index in [0.29, 0.717) is 6.42 Å². The van der Waals surface area contributed by atoms with Gasteiger partial charge in [0.05, 0.1) is 0 Å². The minimum atomic E-state index is 0.0812. The molecule has 0 radical (unpaired) electrons. The molecular weight excluding hydrogens is 229 g/mol. The Morgan fingerprint density at radius 2 is 2.11 bits per heavy atom. The summed E-state index contributed by atoms with van der Waals surface area (Å²) in [5.74, 6) is 0.106. The van der Waals surface area contributed by atoms with Gasteiger partial charge in [-0.15, -0.1) is 0 Å². The van der Waals surface area contributed by atoms with Crippen LogP contribution in [0.5, 0.6) is 0 Å². The predicted molar refractivity (Wildman–Crippen MR) is 46.8 cm³/mol. The lowest BCUT2D eigenvalue weighted by Crippen LogP contribution is -2.25. The summed E-state index contributed by atoms with van der Waals surface area (Å²) in [4.78, 5) is 10.7. The van der Waals surface area contributed by atoms with Gasteiger partial charge in [-0.2, -0.15) is 0 Å². The monoisotopic (exact) mass is 241 g/mol. The molecule has 0 aromatic heterocycles. The van der Waals surface area contributed by atoms with E-state index in [9.17, 15) is 4.79 Å². The van der Waals surface area contributed by atoms with Crippen LogP contribution in [-0.2, 0) is 4.79 Å². The van der Waals surface area contributed by atoms with Crippen LogP contribution in [-0.4, -0.2) is 16.4 Å². The van der Waals surface area contributed by atoms with Crippen molar-refractivity contribution in [1.29, 1.82) is 0 Å². The van der Waals surface area contributed by atoms with Gasteiger partial charge in [0.15, 0.2) is 0 Å². The van der Waals surface area contributed by atoms with Crippen LogP contribution in [0.3, 0.4) is 0 Å². The third kappa shape index (κ3) is 6.08. The second-order valence-electron chi connectivity index (χ2n) is 2.57. The number of nitrogens with one attached hydrogen (secondary N) is 1. The van der Waals surface area contributed by atoms with Crippen LogP contribution in [0.25, 0.3) is 0 Å². The van der Waals surface area contributed by atoms with E-state index in [-0.39, 0.29) is 9.33 Å². The van der Waals surface area contributed by atoms with Crippen LogP contribution in [0.15, 0.2) is 0 Å². The Bertz CT molecular complexity index is 106. The number of alkyl halides is 1. The first-order chi connectivity index (χ1) is 3.95. The summed E-state index contributed by atoms with van der Waals surface area (Å²) in [7, 11) is 1.66. The van der Waals surface area contributed by atoms with Gasteiger partial charge in [0.25, 0.3) is 0 Å². The molecule has 0 aliphatic rings. The van der Waals surface area contributed by atoms with E-state index in [4.69, 9.17) is 0 Å². The van der Waals surface area contributed by atoms with E-state index in [1.165, 1.54) is 0 Å². The summed E-state index contributed by atoms with van der Waals surface area (Å²) < 4.78 is 0.0812. The van der Waals surface area contributed by atoms with Crippen LogP contribution >= 0.6 is 22.6 Å². The Balaban J connectivity index is 3.60. The molecule has 0 saturated heterocycles. The first-order valence-corrected chi connectivity index (χ1v) is 3.93. The quantitative estimate of drug-likeness (QED) is 0.573. The van der Waals surface area contributed by atoms with Gasteiger partial charge in [-0.05, 0) is 0 Å². The molecule has 0 bridgehead atoms. The van der Waals surface area contributed by atoms with Gasteiger partial charge in [-0.1, -0.05) is 36.4 Å². The Kier molecular flexibility index (Phi) is 3.46. The number of carbonyl (C=O) groups is 1. The summed E-state index contributed by atoms with van der Waals surface area (Å²) in [6.07, 6.45) is 0.587. The van der Waals surface area contributed by atoms with Crippen LogP contribution in [0.4, 0.5) is 0 Å². The molecule has 0 fully saturated rings. The van der Waals surface area contributed by atoms with Gasteiger partial charge < -0.3 is 5.32 Å². The average molecular weight is 241 g/mol. The molecule has 0 saturated carbocycles. The Hall–Kier alpha value is 0.200. The van der Waals surface area contributed by atoms with Crippen LogP contribution in [0, 0.1) is 0 Å². The first-order valence-electron chi connectivity index (χ1n) is 2.85. The maximum Gasteiger partial charge on any atom is 0.221 e. The second-order valence-corrected chi connectivity index (χ2v) is 5.49. The summed E-state index contributed by atoms with van der Waals surface area (Å²) in [6, 6.07) is 0. The number of halogens is 1. The molecule has 0 spiro atoms. The molecule has 0 aromatic rings. The van der Waals surface area contributed by atoms with Crippen molar-refractivity contribution in [2.24, 2.45) is 0 Å². The summed E-state index contributed by atoms with van der Waals surface area (Å²) in [5, 5.41) is 2.58. The highest BCUT2D eigenvalue weighted by Gasteiger charge is 2.15. The molecular formula is C6H12INO. The van der Waals surface area contributed by atoms with Gasteiger partial charge in [-0.25, -0.2) is 0 Å². The third-order valence-electron chi connectivity index (χ3n) is 0.860. The first kappa shape index (κ1) is 9.20. The second kappa shape index (κ2) is 3.39. The summed E-state index contributed by atoms with van der Waals surface area (Å²) >= 11 is 2.25. The molecule has 2 nitrogen and oxygen atoms in total. The van der Waals surface area contributed by atoms with Crippen molar-refractivity contribution in [1.82, 2.24) is 5.32 Å². The van der Waals surface area contributed by atoms with E-state index < -0.39 is 0 Å².